The molecule has 0 aliphatic heterocycles. The van der Waals surface area contributed by atoms with Crippen molar-refractivity contribution in [1.29, 1.82) is 0 Å². The Bertz CT molecular complexity index is 297. The topological polar surface area (TPSA) is 46.3 Å². The lowest BCUT2D eigenvalue weighted by atomic mass is 9.83. The van der Waals surface area contributed by atoms with Crippen LogP contribution in [0.15, 0.2) is 0 Å². The van der Waals surface area contributed by atoms with Gasteiger partial charge < -0.3 is 10.6 Å². The molecule has 4 heteroatoms. The minimum atomic E-state index is 0. The van der Waals surface area contributed by atoms with Crippen molar-refractivity contribution in [3.05, 3.63) is 0 Å². The smallest absolute Gasteiger partial charge is 0.223 e. The van der Waals surface area contributed by atoms with Gasteiger partial charge in [0.05, 0.1) is 0 Å². The molecule has 2 rings (SSSR count). The van der Waals surface area contributed by atoms with Gasteiger partial charge in [0.25, 0.3) is 0 Å². The van der Waals surface area contributed by atoms with Crippen LogP contribution in [-0.4, -0.2) is 28.9 Å². The molecular formula is C16H31ClN2O. The highest BCUT2D eigenvalue weighted by atomic mass is 35.5. The molecule has 0 radical (unpaired) electrons. The largest absolute Gasteiger partial charge is 0.337 e. The van der Waals surface area contributed by atoms with Gasteiger partial charge in [0.1, 0.15) is 0 Å². The number of halogens is 1. The van der Waals surface area contributed by atoms with Crippen molar-refractivity contribution in [3.8, 4) is 0 Å². The van der Waals surface area contributed by atoms with Crippen LogP contribution in [0.5, 0.6) is 0 Å². The molecule has 1 atom stereocenters. The molecule has 0 bridgehead atoms. The van der Waals surface area contributed by atoms with Crippen LogP contribution < -0.4 is 5.73 Å². The molecule has 2 aliphatic carbocycles. The van der Waals surface area contributed by atoms with E-state index >= 15 is 0 Å². The number of hydrogen-bond acceptors (Lipinski definition) is 2. The van der Waals surface area contributed by atoms with Gasteiger partial charge in [0.2, 0.25) is 5.91 Å². The molecule has 2 saturated carbocycles. The van der Waals surface area contributed by atoms with Crippen molar-refractivity contribution >= 4 is 18.3 Å². The van der Waals surface area contributed by atoms with Crippen LogP contribution in [0.25, 0.3) is 0 Å². The van der Waals surface area contributed by atoms with Gasteiger partial charge in [0, 0.05) is 24.5 Å². The molecule has 0 aromatic heterocycles. The van der Waals surface area contributed by atoms with E-state index in [4.69, 9.17) is 5.73 Å². The summed E-state index contributed by atoms with van der Waals surface area (Å²) in [6.07, 6.45) is 10.3. The van der Waals surface area contributed by atoms with Crippen LogP contribution in [0.2, 0.25) is 0 Å². The van der Waals surface area contributed by atoms with Crippen LogP contribution in [-0.2, 0) is 4.79 Å². The van der Waals surface area contributed by atoms with E-state index in [0.29, 0.717) is 24.4 Å². The highest BCUT2D eigenvalue weighted by Crippen LogP contribution is 2.36. The Hall–Kier alpha value is -0.280. The number of carbonyl (C=O) groups is 1. The number of nitrogens with two attached hydrogens (primary N) is 1. The lowest BCUT2D eigenvalue weighted by Gasteiger charge is -2.37. The van der Waals surface area contributed by atoms with Gasteiger partial charge in [0.15, 0.2) is 0 Å². The molecule has 2 N–H and O–H groups in total. The van der Waals surface area contributed by atoms with Crippen molar-refractivity contribution < 1.29 is 4.79 Å². The Morgan fingerprint density at radius 2 is 1.65 bits per heavy atom. The number of rotatable bonds is 6. The van der Waals surface area contributed by atoms with E-state index < -0.39 is 0 Å². The van der Waals surface area contributed by atoms with Gasteiger partial charge in [-0.25, -0.2) is 0 Å². The quantitative estimate of drug-likeness (QED) is 0.816. The Morgan fingerprint density at radius 1 is 1.15 bits per heavy atom. The van der Waals surface area contributed by atoms with E-state index in [2.05, 4.69) is 11.8 Å². The van der Waals surface area contributed by atoms with Crippen LogP contribution in [0.3, 0.4) is 0 Å². The van der Waals surface area contributed by atoms with Crippen LogP contribution >= 0.6 is 12.4 Å². The molecule has 1 unspecified atom stereocenters. The number of amides is 1. The van der Waals surface area contributed by atoms with Gasteiger partial charge in [-0.15, -0.1) is 12.4 Å². The maximum Gasteiger partial charge on any atom is 0.223 e. The molecule has 20 heavy (non-hydrogen) atoms. The average Bonchev–Trinajstić information content (AvgIpc) is 3.22. The first-order chi connectivity index (χ1) is 9.11. The summed E-state index contributed by atoms with van der Waals surface area (Å²) in [6.45, 7) is 4.28. The summed E-state index contributed by atoms with van der Waals surface area (Å²) in [4.78, 5) is 14.7. The third-order valence-corrected chi connectivity index (χ3v) is 4.83. The maximum absolute atomic E-state index is 12.4. The minimum absolute atomic E-state index is 0. The maximum atomic E-state index is 12.4. The van der Waals surface area contributed by atoms with E-state index in [-0.39, 0.29) is 18.4 Å². The molecule has 1 amide bonds. The third-order valence-electron chi connectivity index (χ3n) is 4.83. The molecule has 0 saturated heterocycles. The number of nitrogens with zero attached hydrogens (tertiary/aromatic N) is 1. The Labute approximate surface area is 130 Å². The van der Waals surface area contributed by atoms with E-state index in [1.807, 2.05) is 6.92 Å². The average molecular weight is 303 g/mol. The normalized spacial score (nSPS) is 27.6. The Morgan fingerprint density at radius 3 is 2.05 bits per heavy atom. The summed E-state index contributed by atoms with van der Waals surface area (Å²) in [5.41, 5.74) is 5.78. The third kappa shape index (κ3) is 4.92. The van der Waals surface area contributed by atoms with Crippen molar-refractivity contribution in [1.82, 2.24) is 4.90 Å². The van der Waals surface area contributed by atoms with E-state index in [1.54, 1.807) is 0 Å². The summed E-state index contributed by atoms with van der Waals surface area (Å²) < 4.78 is 0. The van der Waals surface area contributed by atoms with Gasteiger partial charge in [-0.3, -0.25) is 4.79 Å². The second-order valence-electron chi connectivity index (χ2n) is 6.63. The second-order valence-corrected chi connectivity index (χ2v) is 6.63. The lowest BCUT2D eigenvalue weighted by molar-refractivity contribution is -0.135. The first-order valence-corrected chi connectivity index (χ1v) is 8.18. The number of carbonyl (C=O) groups excluding carboxylic acids is 1. The molecule has 0 spiro atoms. The summed E-state index contributed by atoms with van der Waals surface area (Å²) in [5.74, 6) is 1.26. The zero-order chi connectivity index (χ0) is 13.8. The molecule has 118 valence electrons. The van der Waals surface area contributed by atoms with Crippen LogP contribution in [0.4, 0.5) is 0 Å². The standard InChI is InChI=1S/C16H30N2O.ClH/c1-3-13-5-7-14(8-6-13)18(15-9-10-15)16(19)11-4-12(2)17;/h12-15H,3-11,17H2,1-2H3;1H. The van der Waals surface area contributed by atoms with Gasteiger partial charge >= 0.3 is 0 Å². The molecule has 0 aromatic carbocycles. The fraction of sp³-hybridized carbons (Fsp3) is 0.938. The Kier molecular flexibility index (Phi) is 7.32. The van der Waals surface area contributed by atoms with Gasteiger partial charge in [-0.2, -0.15) is 0 Å². The predicted octanol–water partition coefficient (Wildman–Crippen LogP) is 3.50. The molecule has 0 heterocycles. The summed E-state index contributed by atoms with van der Waals surface area (Å²) in [5, 5.41) is 0. The zero-order valence-corrected chi connectivity index (χ0v) is 13.8. The van der Waals surface area contributed by atoms with Gasteiger partial charge in [-0.05, 0) is 57.8 Å². The van der Waals surface area contributed by atoms with Crippen molar-refractivity contribution in [2.24, 2.45) is 11.7 Å². The highest BCUT2D eigenvalue weighted by molar-refractivity contribution is 5.85. The van der Waals surface area contributed by atoms with Crippen molar-refractivity contribution in [3.63, 3.8) is 0 Å². The first-order valence-electron chi connectivity index (χ1n) is 8.18. The lowest BCUT2D eigenvalue weighted by Crippen LogP contribution is -2.44. The monoisotopic (exact) mass is 302 g/mol. The molecule has 2 aliphatic rings. The molecule has 2 fully saturated rings. The number of hydrogen-bond donors (Lipinski definition) is 1. The van der Waals surface area contributed by atoms with E-state index in [1.165, 1.54) is 44.9 Å². The van der Waals surface area contributed by atoms with E-state index in [9.17, 15) is 4.79 Å². The fourth-order valence-corrected chi connectivity index (χ4v) is 3.37. The summed E-state index contributed by atoms with van der Waals surface area (Å²) in [7, 11) is 0. The minimum Gasteiger partial charge on any atom is -0.337 e. The van der Waals surface area contributed by atoms with Crippen molar-refractivity contribution in [2.75, 3.05) is 0 Å². The summed E-state index contributed by atoms with van der Waals surface area (Å²) in [6, 6.07) is 1.22. The molecular weight excluding hydrogens is 272 g/mol. The fourth-order valence-electron chi connectivity index (χ4n) is 3.37. The highest BCUT2D eigenvalue weighted by Gasteiger charge is 2.38. The first kappa shape index (κ1) is 17.8. The van der Waals surface area contributed by atoms with Crippen molar-refractivity contribution in [2.45, 2.75) is 89.8 Å². The van der Waals surface area contributed by atoms with Crippen LogP contribution in [0, 0.1) is 5.92 Å². The van der Waals surface area contributed by atoms with E-state index in [0.717, 1.165) is 12.3 Å². The summed E-state index contributed by atoms with van der Waals surface area (Å²) >= 11 is 0. The zero-order valence-electron chi connectivity index (χ0n) is 13.0. The Balaban J connectivity index is 0.00000200. The predicted molar refractivity (Wildman–Crippen MR) is 86.0 cm³/mol. The SMILES string of the molecule is CCC1CCC(N(C(=O)CCC(C)N)C2CC2)CC1.Cl. The van der Waals surface area contributed by atoms with Gasteiger partial charge in [-0.1, -0.05) is 13.3 Å². The molecule has 0 aromatic rings. The van der Waals surface area contributed by atoms with Crippen LogP contribution in [0.1, 0.15) is 71.6 Å². The second kappa shape index (κ2) is 8.23. The molecule has 3 nitrogen and oxygen atoms in total.